The molecule has 4 nitrogen and oxygen atoms in total. The topological polar surface area (TPSA) is 67.3 Å². The van der Waals surface area contributed by atoms with Crippen LogP contribution < -0.4 is 0 Å². The molecule has 1 aliphatic carbocycles. The van der Waals surface area contributed by atoms with Gasteiger partial charge >= 0.3 is 5.97 Å². The molecule has 1 fully saturated rings. The van der Waals surface area contributed by atoms with E-state index in [0.717, 1.165) is 5.75 Å². The molecular weight excluding hydrogens is 250 g/mol. The molecule has 1 saturated carbocycles. The number of carboxylic acid groups (broad SMARTS) is 1. The number of aromatic nitrogens is 1. The molecule has 5 heteroatoms. The molecule has 0 saturated heterocycles. The van der Waals surface area contributed by atoms with E-state index in [-0.39, 0.29) is 5.69 Å². The first-order valence-electron chi connectivity index (χ1n) is 6.19. The van der Waals surface area contributed by atoms with E-state index in [4.69, 9.17) is 5.11 Å². The van der Waals surface area contributed by atoms with E-state index in [1.807, 2.05) is 0 Å². The van der Waals surface area contributed by atoms with Crippen molar-refractivity contribution >= 4 is 16.8 Å². The summed E-state index contributed by atoms with van der Waals surface area (Å²) in [5.74, 6) is 0.614. The number of nitrogens with zero attached hydrogens (tertiary/aromatic N) is 1. The minimum absolute atomic E-state index is 0.0189. The van der Waals surface area contributed by atoms with Crippen molar-refractivity contribution in [1.29, 1.82) is 0 Å². The van der Waals surface area contributed by atoms with Crippen LogP contribution in [0.5, 0.6) is 0 Å². The first-order valence-corrected chi connectivity index (χ1v) is 7.68. The number of hydrogen-bond acceptors (Lipinski definition) is 3. The lowest BCUT2D eigenvalue weighted by molar-refractivity contribution is 0.0690. The molecule has 0 bridgehead atoms. The fraction of sp³-hybridized carbons (Fsp3) is 0.538. The molecule has 2 rings (SSSR count). The van der Waals surface area contributed by atoms with Gasteiger partial charge in [-0.25, -0.2) is 9.78 Å². The minimum atomic E-state index is -1.04. The van der Waals surface area contributed by atoms with E-state index in [1.54, 1.807) is 12.1 Å². The van der Waals surface area contributed by atoms with Crippen LogP contribution in [-0.4, -0.2) is 26.0 Å². The average Bonchev–Trinajstić information content (AvgIpc) is 2.82. The lowest BCUT2D eigenvalue weighted by Gasteiger charge is -2.08. The van der Waals surface area contributed by atoms with Crippen LogP contribution in [0.4, 0.5) is 0 Å². The number of hydrogen-bond donors (Lipinski definition) is 1. The van der Waals surface area contributed by atoms with Crippen molar-refractivity contribution in [3.8, 4) is 0 Å². The minimum Gasteiger partial charge on any atom is -0.477 e. The highest BCUT2D eigenvalue weighted by molar-refractivity contribution is 7.84. The zero-order chi connectivity index (χ0) is 13.0. The molecule has 1 unspecified atom stereocenters. The molecule has 0 aromatic carbocycles. The molecule has 1 aromatic rings. The summed E-state index contributed by atoms with van der Waals surface area (Å²) in [4.78, 5) is 14.8. The summed E-state index contributed by atoms with van der Waals surface area (Å²) in [5.41, 5.74) is 0.622. The van der Waals surface area contributed by atoms with E-state index >= 15 is 0 Å². The molecule has 1 atom stereocenters. The summed E-state index contributed by atoms with van der Waals surface area (Å²) in [6.07, 6.45) is 4.84. The van der Waals surface area contributed by atoms with E-state index in [9.17, 15) is 9.00 Å². The fourth-order valence-electron chi connectivity index (χ4n) is 2.34. The highest BCUT2D eigenvalue weighted by Crippen LogP contribution is 2.25. The van der Waals surface area contributed by atoms with Crippen molar-refractivity contribution in [3.63, 3.8) is 0 Å². The largest absolute Gasteiger partial charge is 0.477 e. The van der Waals surface area contributed by atoms with Crippen LogP contribution in [0.25, 0.3) is 0 Å². The van der Waals surface area contributed by atoms with Crippen molar-refractivity contribution in [2.75, 3.05) is 5.75 Å². The maximum Gasteiger partial charge on any atom is 0.354 e. The van der Waals surface area contributed by atoms with Crippen LogP contribution in [0.3, 0.4) is 0 Å². The Morgan fingerprint density at radius 2 is 2.11 bits per heavy atom. The lowest BCUT2D eigenvalue weighted by atomic mass is 10.1. The molecule has 0 radical (unpaired) electrons. The van der Waals surface area contributed by atoms with Gasteiger partial charge in [0.1, 0.15) is 5.69 Å². The van der Waals surface area contributed by atoms with Crippen molar-refractivity contribution in [1.82, 2.24) is 4.98 Å². The van der Waals surface area contributed by atoms with Crippen LogP contribution in [0.15, 0.2) is 18.2 Å². The molecule has 1 N–H and O–H groups in total. The Morgan fingerprint density at radius 3 is 2.78 bits per heavy atom. The van der Waals surface area contributed by atoms with Gasteiger partial charge in [-0.2, -0.15) is 0 Å². The highest BCUT2D eigenvalue weighted by Gasteiger charge is 2.18. The predicted molar refractivity (Wildman–Crippen MR) is 69.9 cm³/mol. The molecule has 1 aromatic heterocycles. The van der Waals surface area contributed by atoms with Crippen molar-refractivity contribution in [2.24, 2.45) is 5.92 Å². The maximum absolute atomic E-state index is 12.0. The third kappa shape index (κ3) is 3.63. The molecular formula is C13H17NO3S. The second-order valence-corrected chi connectivity index (χ2v) is 6.22. The monoisotopic (exact) mass is 267 g/mol. The molecule has 0 amide bonds. The normalized spacial score (nSPS) is 17.8. The van der Waals surface area contributed by atoms with Gasteiger partial charge in [0, 0.05) is 16.6 Å². The molecule has 0 spiro atoms. The van der Waals surface area contributed by atoms with Gasteiger partial charge in [-0.05, 0) is 30.9 Å². The first-order chi connectivity index (χ1) is 8.65. The molecule has 0 aliphatic heterocycles. The summed E-state index contributed by atoms with van der Waals surface area (Å²) >= 11 is 0. The van der Waals surface area contributed by atoms with Crippen LogP contribution in [0.1, 0.15) is 41.9 Å². The Hall–Kier alpha value is -1.23. The van der Waals surface area contributed by atoms with E-state index < -0.39 is 16.8 Å². The zero-order valence-electron chi connectivity index (χ0n) is 10.2. The third-order valence-corrected chi connectivity index (χ3v) is 4.69. The van der Waals surface area contributed by atoms with Gasteiger partial charge in [-0.1, -0.05) is 18.9 Å². The second kappa shape index (κ2) is 6.09. The van der Waals surface area contributed by atoms with Gasteiger partial charge in [0.15, 0.2) is 0 Å². The molecule has 1 heterocycles. The highest BCUT2D eigenvalue weighted by atomic mass is 32.2. The van der Waals surface area contributed by atoms with Gasteiger partial charge in [0.05, 0.1) is 11.4 Å². The van der Waals surface area contributed by atoms with Gasteiger partial charge in [-0.3, -0.25) is 4.21 Å². The van der Waals surface area contributed by atoms with Crippen molar-refractivity contribution in [2.45, 2.75) is 31.4 Å². The Labute approximate surface area is 109 Å². The first kappa shape index (κ1) is 13.2. The average molecular weight is 267 g/mol. The van der Waals surface area contributed by atoms with E-state index in [0.29, 0.717) is 17.4 Å². The quantitative estimate of drug-likeness (QED) is 0.888. The number of aromatic carboxylic acids is 1. The Morgan fingerprint density at radius 1 is 1.39 bits per heavy atom. The van der Waals surface area contributed by atoms with Crippen LogP contribution >= 0.6 is 0 Å². The molecule has 1 aliphatic rings. The van der Waals surface area contributed by atoms with E-state index in [1.165, 1.54) is 31.7 Å². The Bertz CT molecular complexity index is 455. The SMILES string of the molecule is O=C(O)c1cccc(CS(=O)CC2CCCC2)n1. The number of carboxylic acids is 1. The standard InChI is InChI=1S/C13H17NO3S/c15-13(16)12-7-3-6-11(14-12)9-18(17)8-10-4-1-2-5-10/h3,6-7,10H,1-2,4-5,8-9H2,(H,15,16). The van der Waals surface area contributed by atoms with E-state index in [2.05, 4.69) is 4.98 Å². The smallest absolute Gasteiger partial charge is 0.354 e. The lowest BCUT2D eigenvalue weighted by Crippen LogP contribution is -2.11. The van der Waals surface area contributed by atoms with Gasteiger partial charge in [0.25, 0.3) is 0 Å². The summed E-state index contributed by atoms with van der Waals surface area (Å²) in [5, 5.41) is 8.83. The zero-order valence-corrected chi connectivity index (χ0v) is 11.0. The van der Waals surface area contributed by atoms with Gasteiger partial charge < -0.3 is 5.11 Å². The fourth-order valence-corrected chi connectivity index (χ4v) is 3.81. The van der Waals surface area contributed by atoms with Crippen LogP contribution in [-0.2, 0) is 16.6 Å². The second-order valence-electron chi connectivity index (χ2n) is 4.72. The predicted octanol–water partition coefficient (Wildman–Crippen LogP) is 2.22. The van der Waals surface area contributed by atoms with Gasteiger partial charge in [-0.15, -0.1) is 0 Å². The Kier molecular flexibility index (Phi) is 4.47. The van der Waals surface area contributed by atoms with Crippen LogP contribution in [0.2, 0.25) is 0 Å². The van der Waals surface area contributed by atoms with Gasteiger partial charge in [0.2, 0.25) is 0 Å². The Balaban J connectivity index is 1.93. The number of pyridine rings is 1. The molecule has 18 heavy (non-hydrogen) atoms. The number of carbonyl (C=O) groups is 1. The van der Waals surface area contributed by atoms with Crippen LogP contribution in [0, 0.1) is 5.92 Å². The number of rotatable bonds is 5. The summed E-state index contributed by atoms with van der Waals surface area (Å²) in [6, 6.07) is 4.84. The third-order valence-electron chi connectivity index (χ3n) is 3.23. The van der Waals surface area contributed by atoms with Crippen molar-refractivity contribution in [3.05, 3.63) is 29.6 Å². The maximum atomic E-state index is 12.0. The molecule has 98 valence electrons. The summed E-state index contributed by atoms with van der Waals surface area (Å²) in [7, 11) is -0.938. The summed E-state index contributed by atoms with van der Waals surface area (Å²) in [6.45, 7) is 0. The summed E-state index contributed by atoms with van der Waals surface area (Å²) < 4.78 is 12.0. The van der Waals surface area contributed by atoms with Crippen molar-refractivity contribution < 1.29 is 14.1 Å².